The van der Waals surface area contributed by atoms with Crippen LogP contribution in [-0.2, 0) is 19.0 Å². The van der Waals surface area contributed by atoms with Gasteiger partial charge in [-0.15, -0.1) is 0 Å². The number of carbonyl (C=O) groups excluding carboxylic acids is 1. The lowest BCUT2D eigenvalue weighted by Gasteiger charge is -2.66. The largest absolute Gasteiger partial charge is 0.458 e. The number of aliphatic imine (C=N–C) groups is 1. The Balaban J connectivity index is 1.26. The highest BCUT2D eigenvalue weighted by Gasteiger charge is 2.71. The molecule has 2 aliphatic heterocycles. The molecule has 4 N–H and O–H groups in total. The Bertz CT molecular complexity index is 1140. The van der Waals surface area contributed by atoms with Crippen LogP contribution in [0.2, 0.25) is 0 Å². The maximum atomic E-state index is 12.5. The number of hydrogen-bond acceptors (Lipinski definition) is 10. The maximum Gasteiger partial charge on any atom is 0.331 e. The Morgan fingerprint density at radius 3 is 2.63 bits per heavy atom. The van der Waals surface area contributed by atoms with E-state index >= 15 is 0 Å². The van der Waals surface area contributed by atoms with Gasteiger partial charge in [0.2, 0.25) is 0 Å². The van der Waals surface area contributed by atoms with Crippen LogP contribution in [0.25, 0.3) is 0 Å². The Kier molecular flexibility index (Phi) is 7.40. The number of hydrogen-bond donors (Lipinski definition) is 4. The predicted molar refractivity (Wildman–Crippen MR) is 146 cm³/mol. The second kappa shape index (κ2) is 10.4. The molecule has 6 rings (SSSR count). The summed E-state index contributed by atoms with van der Waals surface area (Å²) in [6, 6.07) is 2.09. The van der Waals surface area contributed by atoms with E-state index in [9.17, 15) is 30.5 Å². The fourth-order valence-electron chi connectivity index (χ4n) is 10.0. The number of ether oxygens (including phenoxy) is 3. The third-order valence-corrected chi connectivity index (χ3v) is 12.1. The van der Waals surface area contributed by atoms with Crippen molar-refractivity contribution in [1.82, 2.24) is 0 Å². The van der Waals surface area contributed by atoms with E-state index in [4.69, 9.17) is 14.2 Å². The Labute approximate surface area is 241 Å². The highest BCUT2D eigenvalue weighted by molar-refractivity contribution is 5.85. The van der Waals surface area contributed by atoms with E-state index in [0.29, 0.717) is 45.1 Å². The number of carbonyl (C=O) groups is 1. The van der Waals surface area contributed by atoms with Crippen LogP contribution in [0.1, 0.15) is 78.1 Å². The number of aliphatic hydroxyl groups excluding tert-OH is 2. The first-order valence-corrected chi connectivity index (χ1v) is 15.3. The van der Waals surface area contributed by atoms with E-state index in [1.807, 2.05) is 6.21 Å². The summed E-state index contributed by atoms with van der Waals surface area (Å²) in [7, 11) is 0. The van der Waals surface area contributed by atoms with Gasteiger partial charge < -0.3 is 34.6 Å². The van der Waals surface area contributed by atoms with Gasteiger partial charge in [0.05, 0.1) is 35.6 Å². The zero-order valence-corrected chi connectivity index (χ0v) is 24.1. The molecule has 0 radical (unpaired) electrons. The average molecular weight is 573 g/mol. The van der Waals surface area contributed by atoms with Gasteiger partial charge in [-0.05, 0) is 81.6 Å². The van der Waals surface area contributed by atoms with Crippen LogP contribution in [0.15, 0.2) is 16.6 Å². The van der Waals surface area contributed by atoms with Gasteiger partial charge in [-0.3, -0.25) is 4.99 Å². The van der Waals surface area contributed by atoms with Gasteiger partial charge >= 0.3 is 5.97 Å². The average Bonchev–Trinajstić information content (AvgIpc) is 3.47. The summed E-state index contributed by atoms with van der Waals surface area (Å²) in [5.41, 5.74) is -2.19. The summed E-state index contributed by atoms with van der Waals surface area (Å²) in [6.07, 6.45) is 5.97. The van der Waals surface area contributed by atoms with E-state index < -0.39 is 46.6 Å². The SMILES string of the molecule is C[C@@H]1O[C@H](O[C@H]2CC[C@]3(C=NCC#N)[C@H]4CC[C@]5(C)[C@@H](C6=CC(=O)OC6)CC[C@]5(O)[C@@H]4CC[C@]3(O)C2)C[C@@H](O)[C@H]1O. The minimum Gasteiger partial charge on any atom is -0.458 e. The molecular weight excluding hydrogens is 528 g/mol. The van der Waals surface area contributed by atoms with Crippen molar-refractivity contribution in [2.75, 3.05) is 13.2 Å². The van der Waals surface area contributed by atoms with Gasteiger partial charge in [-0.1, -0.05) is 6.92 Å². The molecule has 1 saturated heterocycles. The number of rotatable bonds is 5. The summed E-state index contributed by atoms with van der Waals surface area (Å²) in [6.45, 7) is 4.19. The van der Waals surface area contributed by atoms with Crippen LogP contribution >= 0.6 is 0 Å². The van der Waals surface area contributed by atoms with E-state index in [1.165, 1.54) is 0 Å². The van der Waals surface area contributed by atoms with Crippen LogP contribution < -0.4 is 0 Å². The van der Waals surface area contributed by atoms with Crippen LogP contribution in [0.3, 0.4) is 0 Å². The summed E-state index contributed by atoms with van der Waals surface area (Å²) >= 11 is 0. The highest BCUT2D eigenvalue weighted by atomic mass is 16.7. The van der Waals surface area contributed by atoms with Gasteiger partial charge in [0.25, 0.3) is 0 Å². The van der Waals surface area contributed by atoms with Crippen molar-refractivity contribution in [1.29, 1.82) is 5.26 Å². The minimum absolute atomic E-state index is 0.00933. The Hall–Kier alpha value is -1.87. The molecule has 4 aliphatic carbocycles. The van der Waals surface area contributed by atoms with Crippen molar-refractivity contribution < 1.29 is 39.4 Å². The van der Waals surface area contributed by atoms with Crippen LogP contribution in [0.4, 0.5) is 0 Å². The smallest absolute Gasteiger partial charge is 0.331 e. The summed E-state index contributed by atoms with van der Waals surface area (Å²) in [4.78, 5) is 16.4. The maximum absolute atomic E-state index is 12.5. The van der Waals surface area contributed by atoms with Crippen molar-refractivity contribution in [2.24, 2.45) is 33.6 Å². The lowest BCUT2D eigenvalue weighted by Crippen LogP contribution is -2.69. The van der Waals surface area contributed by atoms with Crippen molar-refractivity contribution in [3.8, 4) is 6.07 Å². The quantitative estimate of drug-likeness (QED) is 0.167. The first-order chi connectivity index (χ1) is 19.5. The molecule has 5 fully saturated rings. The van der Waals surface area contributed by atoms with Crippen molar-refractivity contribution in [3.63, 3.8) is 0 Å². The molecule has 12 atom stereocenters. The van der Waals surface area contributed by atoms with Crippen molar-refractivity contribution in [3.05, 3.63) is 11.6 Å². The molecule has 0 aromatic rings. The zero-order chi connectivity index (χ0) is 29.2. The zero-order valence-electron chi connectivity index (χ0n) is 24.1. The van der Waals surface area contributed by atoms with Gasteiger partial charge in [-0.25, -0.2) is 4.79 Å². The third-order valence-electron chi connectivity index (χ3n) is 12.1. The second-order valence-corrected chi connectivity index (χ2v) is 13.8. The lowest BCUT2D eigenvalue weighted by molar-refractivity contribution is -0.282. The van der Waals surface area contributed by atoms with Crippen LogP contribution in [0, 0.1) is 39.9 Å². The van der Waals surface area contributed by atoms with Crippen molar-refractivity contribution in [2.45, 2.75) is 120 Å². The third kappa shape index (κ3) is 4.42. The number of nitrogens with zero attached hydrogens (tertiary/aromatic N) is 2. The molecule has 0 aromatic carbocycles. The molecule has 10 nitrogen and oxygen atoms in total. The fraction of sp³-hybridized carbons (Fsp3) is 0.839. The normalized spacial score (nSPS) is 51.3. The standard InChI is InChI=1S/C31H44N2O8/c1-18-27(36)24(34)14-26(40-18)41-20-3-8-29(17-33-12-11-32)22-4-7-28(2)21(19-13-25(35)39-16-19)6-10-31(28,38)23(22)5-9-30(29,37)15-20/h13,17-18,20-24,26-27,34,36-38H,3-10,12,14-16H2,1-2H3/t18-,20-,21+,22-,23+,24+,26+,27-,28+,29-,30-,31-/m0/s1. The number of esters is 1. The molecule has 0 unspecified atom stereocenters. The number of cyclic esters (lactones) is 1. The molecule has 6 aliphatic rings. The van der Waals surface area contributed by atoms with Crippen LogP contribution in [0.5, 0.6) is 0 Å². The first kappa shape index (κ1) is 29.2. The van der Waals surface area contributed by atoms with Crippen LogP contribution in [-0.4, -0.2) is 87.7 Å². The summed E-state index contributed by atoms with van der Waals surface area (Å²) in [5, 5.41) is 54.5. The Morgan fingerprint density at radius 2 is 1.93 bits per heavy atom. The molecule has 0 spiro atoms. The molecule has 0 bridgehead atoms. The molecule has 0 aromatic heterocycles. The molecule has 0 amide bonds. The molecule has 41 heavy (non-hydrogen) atoms. The molecule has 4 saturated carbocycles. The number of fused-ring (bicyclic) bond motifs is 5. The van der Waals surface area contributed by atoms with E-state index in [0.717, 1.165) is 24.8 Å². The first-order valence-electron chi connectivity index (χ1n) is 15.3. The highest BCUT2D eigenvalue weighted by Crippen LogP contribution is 2.70. The molecular formula is C31H44N2O8. The molecule has 2 heterocycles. The minimum atomic E-state index is -1.13. The monoisotopic (exact) mass is 572 g/mol. The van der Waals surface area contributed by atoms with E-state index in [2.05, 4.69) is 18.0 Å². The number of aliphatic hydroxyl groups is 4. The topological polar surface area (TPSA) is 162 Å². The van der Waals surface area contributed by atoms with Gasteiger partial charge in [-0.2, -0.15) is 5.26 Å². The second-order valence-electron chi connectivity index (χ2n) is 13.8. The lowest BCUT2D eigenvalue weighted by atomic mass is 9.41. The molecule has 226 valence electrons. The fourth-order valence-corrected chi connectivity index (χ4v) is 10.0. The summed E-state index contributed by atoms with van der Waals surface area (Å²) in [5.74, 6) is -0.282. The van der Waals surface area contributed by atoms with Gasteiger partial charge in [0.1, 0.15) is 19.3 Å². The predicted octanol–water partition coefficient (Wildman–Crippen LogP) is 2.17. The Morgan fingerprint density at radius 1 is 1.15 bits per heavy atom. The van der Waals surface area contributed by atoms with Crippen molar-refractivity contribution >= 4 is 12.2 Å². The summed E-state index contributed by atoms with van der Waals surface area (Å²) < 4.78 is 17.3. The van der Waals surface area contributed by atoms with Gasteiger partial charge in [0, 0.05) is 36.0 Å². The van der Waals surface area contributed by atoms with Gasteiger partial charge in [0.15, 0.2) is 6.29 Å². The van der Waals surface area contributed by atoms with E-state index in [1.54, 1.807) is 13.0 Å². The van der Waals surface area contributed by atoms with E-state index in [-0.39, 0.29) is 42.8 Å². The molecule has 10 heteroatoms. The number of nitriles is 1.